The Labute approximate surface area is 102 Å². The van der Waals surface area contributed by atoms with E-state index in [2.05, 4.69) is 23.8 Å². The number of carbonyl (C=O) groups is 1. The van der Waals surface area contributed by atoms with Gasteiger partial charge in [0.1, 0.15) is 5.78 Å². The van der Waals surface area contributed by atoms with Crippen molar-refractivity contribution >= 4 is 5.78 Å². The van der Waals surface area contributed by atoms with Crippen molar-refractivity contribution in [3.05, 3.63) is 24.5 Å². The van der Waals surface area contributed by atoms with Crippen LogP contribution < -0.4 is 0 Å². The first-order valence-electron chi connectivity index (χ1n) is 6.10. The van der Waals surface area contributed by atoms with Crippen LogP contribution in [0.15, 0.2) is 18.9 Å². The number of aromatic nitrogens is 3. The molecule has 1 aliphatic carbocycles. The van der Waals surface area contributed by atoms with Gasteiger partial charge in [0.15, 0.2) is 0 Å². The Morgan fingerprint density at radius 3 is 2.94 bits per heavy atom. The Balaban J connectivity index is 2.26. The molecule has 1 unspecified atom stereocenters. The molecule has 2 rings (SSSR count). The highest BCUT2D eigenvalue weighted by atomic mass is 16.1. The Morgan fingerprint density at radius 1 is 1.59 bits per heavy atom. The largest absolute Gasteiger partial charge is 0.300 e. The number of hydrogen-bond donors (Lipinski definition) is 0. The fourth-order valence-corrected chi connectivity index (χ4v) is 2.84. The van der Waals surface area contributed by atoms with Crippen LogP contribution in [-0.2, 0) is 11.8 Å². The quantitative estimate of drug-likeness (QED) is 0.751. The Hall–Kier alpha value is -1.45. The van der Waals surface area contributed by atoms with Gasteiger partial charge in [0, 0.05) is 32.0 Å². The van der Waals surface area contributed by atoms with Crippen molar-refractivity contribution in [2.45, 2.75) is 32.1 Å². The predicted molar refractivity (Wildman–Crippen MR) is 65.5 cm³/mol. The molecule has 1 fully saturated rings. The minimum Gasteiger partial charge on any atom is -0.300 e. The molecule has 3 atom stereocenters. The van der Waals surface area contributed by atoms with Crippen LogP contribution in [0.5, 0.6) is 0 Å². The number of allylic oxidation sites excluding steroid dienone is 1. The van der Waals surface area contributed by atoms with Crippen LogP contribution in [0.1, 0.15) is 37.8 Å². The van der Waals surface area contributed by atoms with Gasteiger partial charge in [0.05, 0.1) is 5.69 Å². The molecule has 92 valence electrons. The van der Waals surface area contributed by atoms with Gasteiger partial charge in [-0.2, -0.15) is 0 Å². The number of carbonyl (C=O) groups excluding carboxylic acids is 1. The maximum atomic E-state index is 11.7. The van der Waals surface area contributed by atoms with Gasteiger partial charge in [-0.25, -0.2) is 0 Å². The lowest BCUT2D eigenvalue weighted by atomic mass is 9.69. The third-order valence-electron chi connectivity index (χ3n) is 3.68. The second kappa shape index (κ2) is 4.82. The van der Waals surface area contributed by atoms with E-state index in [0.29, 0.717) is 30.5 Å². The Bertz CT molecular complexity index is 424. The maximum absolute atomic E-state index is 11.7. The van der Waals surface area contributed by atoms with Gasteiger partial charge in [-0.3, -0.25) is 9.48 Å². The number of aryl methyl sites for hydroxylation is 1. The third-order valence-corrected chi connectivity index (χ3v) is 3.68. The zero-order valence-corrected chi connectivity index (χ0v) is 10.5. The second-order valence-corrected chi connectivity index (χ2v) is 5.04. The van der Waals surface area contributed by atoms with Gasteiger partial charge in [-0.05, 0) is 18.3 Å². The monoisotopic (exact) mass is 233 g/mol. The summed E-state index contributed by atoms with van der Waals surface area (Å²) in [5.74, 6) is 1.41. The van der Waals surface area contributed by atoms with E-state index in [1.807, 2.05) is 19.3 Å². The van der Waals surface area contributed by atoms with Crippen molar-refractivity contribution in [3.63, 3.8) is 0 Å². The van der Waals surface area contributed by atoms with Gasteiger partial charge in [0.2, 0.25) is 0 Å². The van der Waals surface area contributed by atoms with E-state index in [0.717, 1.165) is 12.1 Å². The number of nitrogens with zero attached hydrogens (tertiary/aromatic N) is 3. The molecule has 0 aliphatic heterocycles. The van der Waals surface area contributed by atoms with E-state index in [4.69, 9.17) is 0 Å². The summed E-state index contributed by atoms with van der Waals surface area (Å²) in [5.41, 5.74) is 0.944. The first-order chi connectivity index (χ1) is 8.11. The molecule has 4 heteroatoms. The van der Waals surface area contributed by atoms with E-state index >= 15 is 0 Å². The topological polar surface area (TPSA) is 47.8 Å². The average molecular weight is 233 g/mol. The molecule has 4 nitrogen and oxygen atoms in total. The first kappa shape index (κ1) is 12.0. The van der Waals surface area contributed by atoms with Crippen molar-refractivity contribution in [3.8, 4) is 0 Å². The smallest absolute Gasteiger partial charge is 0.133 e. The summed E-state index contributed by atoms with van der Waals surface area (Å²) in [6, 6.07) is 0. The van der Waals surface area contributed by atoms with Crippen molar-refractivity contribution in [1.29, 1.82) is 0 Å². The molecule has 0 amide bonds. The van der Waals surface area contributed by atoms with Crippen molar-refractivity contribution in [2.24, 2.45) is 18.9 Å². The first-order valence-corrected chi connectivity index (χ1v) is 6.10. The fourth-order valence-electron chi connectivity index (χ4n) is 2.84. The molecule has 0 saturated heterocycles. The van der Waals surface area contributed by atoms with Crippen molar-refractivity contribution < 1.29 is 4.79 Å². The Kier molecular flexibility index (Phi) is 3.41. The predicted octanol–water partition coefficient (Wildman–Crippen LogP) is 2.09. The average Bonchev–Trinajstić information content (AvgIpc) is 2.68. The summed E-state index contributed by atoms with van der Waals surface area (Å²) in [6.07, 6.45) is 6.10. The summed E-state index contributed by atoms with van der Waals surface area (Å²) in [4.78, 5) is 11.7. The van der Waals surface area contributed by atoms with Gasteiger partial charge < -0.3 is 0 Å². The van der Waals surface area contributed by atoms with E-state index in [1.165, 1.54) is 0 Å². The number of rotatable bonds is 3. The zero-order valence-electron chi connectivity index (χ0n) is 10.5. The molecular formula is C13H19N3O. The molecule has 0 N–H and O–H groups in total. The highest BCUT2D eigenvalue weighted by Gasteiger charge is 2.36. The molecule has 1 heterocycles. The van der Waals surface area contributed by atoms with E-state index in [9.17, 15) is 4.79 Å². The lowest BCUT2D eigenvalue weighted by Gasteiger charge is -2.34. The Morgan fingerprint density at radius 2 is 2.35 bits per heavy atom. The van der Waals surface area contributed by atoms with Crippen LogP contribution in [0.4, 0.5) is 0 Å². The summed E-state index contributed by atoms with van der Waals surface area (Å²) < 4.78 is 1.70. The van der Waals surface area contributed by atoms with Crippen molar-refractivity contribution in [1.82, 2.24) is 15.0 Å². The molecule has 1 saturated carbocycles. The lowest BCUT2D eigenvalue weighted by Crippen LogP contribution is -2.30. The lowest BCUT2D eigenvalue weighted by molar-refractivity contribution is -0.123. The summed E-state index contributed by atoms with van der Waals surface area (Å²) in [5, 5.41) is 8.13. The highest BCUT2D eigenvalue weighted by Crippen LogP contribution is 2.40. The molecular weight excluding hydrogens is 214 g/mol. The maximum Gasteiger partial charge on any atom is 0.133 e. The minimum atomic E-state index is 0.206. The second-order valence-electron chi connectivity index (χ2n) is 5.04. The number of ketones is 1. The molecule has 1 aromatic heterocycles. The van der Waals surface area contributed by atoms with Crippen molar-refractivity contribution in [2.75, 3.05) is 0 Å². The van der Waals surface area contributed by atoms with Gasteiger partial charge >= 0.3 is 0 Å². The van der Waals surface area contributed by atoms with Gasteiger partial charge in [-0.15, -0.1) is 11.7 Å². The molecule has 0 radical (unpaired) electrons. The van der Waals surface area contributed by atoms with E-state index in [1.54, 1.807) is 4.68 Å². The molecule has 0 bridgehead atoms. The summed E-state index contributed by atoms with van der Waals surface area (Å²) >= 11 is 0. The minimum absolute atomic E-state index is 0.206. The summed E-state index contributed by atoms with van der Waals surface area (Å²) in [6.45, 7) is 5.96. The van der Waals surface area contributed by atoms with Crippen LogP contribution in [0.2, 0.25) is 0 Å². The highest BCUT2D eigenvalue weighted by molar-refractivity contribution is 5.80. The van der Waals surface area contributed by atoms with Crippen LogP contribution in [0.25, 0.3) is 0 Å². The summed E-state index contributed by atoms with van der Waals surface area (Å²) in [7, 11) is 1.85. The third kappa shape index (κ3) is 2.46. The molecule has 17 heavy (non-hydrogen) atoms. The fraction of sp³-hybridized carbons (Fsp3) is 0.615. The SMILES string of the molecule is C=CCC1[C@@H](C)CC(=O)C[C@H]1c1cn(C)nn1. The van der Waals surface area contributed by atoms with Crippen LogP contribution in [-0.4, -0.2) is 20.8 Å². The zero-order chi connectivity index (χ0) is 12.4. The molecule has 1 aromatic rings. The van der Waals surface area contributed by atoms with Gasteiger partial charge in [0.25, 0.3) is 0 Å². The van der Waals surface area contributed by atoms with Crippen LogP contribution in [0.3, 0.4) is 0 Å². The van der Waals surface area contributed by atoms with E-state index < -0.39 is 0 Å². The molecule has 0 spiro atoms. The van der Waals surface area contributed by atoms with E-state index in [-0.39, 0.29) is 5.92 Å². The normalized spacial score (nSPS) is 29.3. The number of Topliss-reactive ketones (excluding diaryl/α,β-unsaturated/α-hetero) is 1. The van der Waals surface area contributed by atoms with Gasteiger partial charge in [-0.1, -0.05) is 18.2 Å². The standard InChI is InChI=1S/C13H19N3O/c1-4-5-11-9(2)6-10(17)7-12(11)13-8-16(3)15-14-13/h4,8-9,11-12H,1,5-7H2,2-3H3/t9-,11?,12+/m0/s1. The number of hydrogen-bond acceptors (Lipinski definition) is 3. The van der Waals surface area contributed by atoms with Crippen LogP contribution in [0, 0.1) is 11.8 Å². The van der Waals surface area contributed by atoms with Crippen LogP contribution >= 0.6 is 0 Å². The molecule has 0 aromatic carbocycles. The molecule has 1 aliphatic rings.